The van der Waals surface area contributed by atoms with Gasteiger partial charge in [0.1, 0.15) is 0 Å². The molecule has 0 aliphatic rings. The number of nitro groups is 1. The first kappa shape index (κ1) is 9.71. The molecule has 0 bridgehead atoms. The van der Waals surface area contributed by atoms with Crippen LogP contribution >= 0.6 is 0 Å². The fraction of sp³-hybridized carbons (Fsp3) is 0.300. The van der Waals surface area contributed by atoms with E-state index in [4.69, 9.17) is 0 Å². The third kappa shape index (κ3) is 2.28. The maximum Gasteiger partial charge on any atom is 0.269 e. The van der Waals surface area contributed by atoms with Crippen molar-refractivity contribution in [3.05, 3.63) is 46.4 Å². The van der Waals surface area contributed by atoms with Crippen LogP contribution in [0.15, 0.2) is 18.2 Å². The summed E-state index contributed by atoms with van der Waals surface area (Å²) in [7, 11) is 0. The molecule has 1 aromatic carbocycles. The third-order valence-corrected chi connectivity index (χ3v) is 1.88. The van der Waals surface area contributed by atoms with E-state index in [9.17, 15) is 10.1 Å². The maximum absolute atomic E-state index is 10.5. The lowest BCUT2D eigenvalue weighted by Crippen LogP contribution is -1.93. The van der Waals surface area contributed by atoms with Crippen molar-refractivity contribution in [3.8, 4) is 0 Å². The van der Waals surface area contributed by atoms with Gasteiger partial charge in [-0.15, -0.1) is 0 Å². The van der Waals surface area contributed by atoms with Gasteiger partial charge in [0.25, 0.3) is 5.69 Å². The normalized spacial score (nSPS) is 10.5. The topological polar surface area (TPSA) is 43.1 Å². The van der Waals surface area contributed by atoms with Crippen molar-refractivity contribution >= 4 is 5.69 Å². The van der Waals surface area contributed by atoms with Gasteiger partial charge in [0.2, 0.25) is 0 Å². The molecule has 1 radical (unpaired) electrons. The number of benzene rings is 1. The molecule has 0 aliphatic carbocycles. The van der Waals surface area contributed by atoms with Crippen LogP contribution in [0.2, 0.25) is 0 Å². The van der Waals surface area contributed by atoms with Gasteiger partial charge in [0.05, 0.1) is 4.92 Å². The second-order valence-electron chi connectivity index (χ2n) is 3.34. The van der Waals surface area contributed by atoms with Crippen LogP contribution in [-0.4, -0.2) is 4.92 Å². The second-order valence-corrected chi connectivity index (χ2v) is 3.34. The Hall–Kier alpha value is -1.38. The minimum atomic E-state index is -0.388. The molecule has 0 spiro atoms. The number of hydrogen-bond donors (Lipinski definition) is 0. The molecule has 0 saturated heterocycles. The van der Waals surface area contributed by atoms with E-state index < -0.39 is 0 Å². The molecule has 3 nitrogen and oxygen atoms in total. The van der Waals surface area contributed by atoms with Gasteiger partial charge in [0.15, 0.2) is 0 Å². The molecule has 0 unspecified atom stereocenters. The molecule has 1 aromatic rings. The summed E-state index contributed by atoms with van der Waals surface area (Å²) in [5.74, 6) is 0.292. The Morgan fingerprint density at radius 1 is 1.38 bits per heavy atom. The molecule has 0 aliphatic heterocycles. The monoisotopic (exact) mass is 178 g/mol. The average molecular weight is 178 g/mol. The Kier molecular flexibility index (Phi) is 2.66. The number of nitro benzene ring substituents is 1. The van der Waals surface area contributed by atoms with Crippen molar-refractivity contribution in [2.75, 3.05) is 0 Å². The third-order valence-electron chi connectivity index (χ3n) is 1.88. The van der Waals surface area contributed by atoms with Crippen LogP contribution in [0.5, 0.6) is 0 Å². The van der Waals surface area contributed by atoms with Crippen molar-refractivity contribution < 1.29 is 4.92 Å². The standard InChI is InChI=1S/C10H12NO2/c1-7(2)9-4-8(3)5-10(6-9)11(12)13/h4-7H,3H2,1-2H3. The zero-order valence-corrected chi connectivity index (χ0v) is 7.78. The minimum absolute atomic E-state index is 0.121. The predicted molar refractivity (Wildman–Crippen MR) is 51.6 cm³/mol. The van der Waals surface area contributed by atoms with E-state index in [0.29, 0.717) is 11.5 Å². The van der Waals surface area contributed by atoms with Gasteiger partial charge < -0.3 is 0 Å². The number of nitrogens with zero attached hydrogens (tertiary/aromatic N) is 1. The smallest absolute Gasteiger partial charge is 0.258 e. The summed E-state index contributed by atoms with van der Waals surface area (Å²) in [6.07, 6.45) is 0. The van der Waals surface area contributed by atoms with Gasteiger partial charge in [-0.25, -0.2) is 0 Å². The molecule has 3 heteroatoms. The highest BCUT2D eigenvalue weighted by atomic mass is 16.6. The van der Waals surface area contributed by atoms with Gasteiger partial charge in [-0.05, 0) is 24.0 Å². The zero-order valence-electron chi connectivity index (χ0n) is 7.78. The van der Waals surface area contributed by atoms with Gasteiger partial charge >= 0.3 is 0 Å². The van der Waals surface area contributed by atoms with E-state index in [1.165, 1.54) is 6.07 Å². The van der Waals surface area contributed by atoms with Gasteiger partial charge in [-0.1, -0.05) is 19.9 Å². The highest BCUT2D eigenvalue weighted by Crippen LogP contribution is 2.22. The van der Waals surface area contributed by atoms with E-state index in [1.54, 1.807) is 6.07 Å². The summed E-state index contributed by atoms with van der Waals surface area (Å²) in [6, 6.07) is 4.95. The molecule has 0 fully saturated rings. The van der Waals surface area contributed by atoms with Crippen molar-refractivity contribution in [3.63, 3.8) is 0 Å². The van der Waals surface area contributed by atoms with E-state index in [2.05, 4.69) is 6.92 Å². The van der Waals surface area contributed by atoms with Crippen LogP contribution in [0.3, 0.4) is 0 Å². The van der Waals surface area contributed by atoms with Gasteiger partial charge in [-0.2, -0.15) is 0 Å². The first-order valence-electron chi connectivity index (χ1n) is 4.12. The lowest BCUT2D eigenvalue weighted by atomic mass is 10.0. The van der Waals surface area contributed by atoms with Crippen molar-refractivity contribution in [1.29, 1.82) is 0 Å². The fourth-order valence-electron chi connectivity index (χ4n) is 1.14. The lowest BCUT2D eigenvalue weighted by molar-refractivity contribution is -0.385. The molecule has 0 saturated carbocycles. The van der Waals surface area contributed by atoms with Crippen LogP contribution in [0, 0.1) is 17.0 Å². The first-order valence-corrected chi connectivity index (χ1v) is 4.12. The van der Waals surface area contributed by atoms with Crippen LogP contribution in [0.25, 0.3) is 0 Å². The quantitative estimate of drug-likeness (QED) is 0.516. The first-order chi connectivity index (χ1) is 6.00. The van der Waals surface area contributed by atoms with Crippen molar-refractivity contribution in [2.45, 2.75) is 19.8 Å². The van der Waals surface area contributed by atoms with E-state index in [1.807, 2.05) is 19.9 Å². The second kappa shape index (κ2) is 3.56. The molecule has 0 N–H and O–H groups in total. The Morgan fingerprint density at radius 2 is 2.00 bits per heavy atom. The summed E-state index contributed by atoms with van der Waals surface area (Å²) in [5, 5.41) is 10.5. The molecule has 1 rings (SSSR count). The van der Waals surface area contributed by atoms with Crippen LogP contribution in [-0.2, 0) is 0 Å². The maximum atomic E-state index is 10.5. The van der Waals surface area contributed by atoms with Crippen LogP contribution < -0.4 is 0 Å². The average Bonchev–Trinajstić information content (AvgIpc) is 2.03. The highest BCUT2D eigenvalue weighted by molar-refractivity contribution is 5.41. The Labute approximate surface area is 77.5 Å². The van der Waals surface area contributed by atoms with Gasteiger partial charge in [-0.3, -0.25) is 10.1 Å². The van der Waals surface area contributed by atoms with E-state index in [0.717, 1.165) is 5.56 Å². The van der Waals surface area contributed by atoms with E-state index >= 15 is 0 Å². The largest absolute Gasteiger partial charge is 0.269 e. The van der Waals surface area contributed by atoms with Gasteiger partial charge in [0, 0.05) is 12.1 Å². The molecular formula is C10H12NO2. The molecular weight excluding hydrogens is 166 g/mol. The van der Waals surface area contributed by atoms with Crippen molar-refractivity contribution in [1.82, 2.24) is 0 Å². The summed E-state index contributed by atoms with van der Waals surface area (Å²) < 4.78 is 0. The Morgan fingerprint density at radius 3 is 2.46 bits per heavy atom. The molecule has 13 heavy (non-hydrogen) atoms. The highest BCUT2D eigenvalue weighted by Gasteiger charge is 2.09. The lowest BCUT2D eigenvalue weighted by Gasteiger charge is -2.05. The Balaban J connectivity index is 3.19. The van der Waals surface area contributed by atoms with Crippen LogP contribution in [0.1, 0.15) is 30.9 Å². The SMILES string of the molecule is [CH2]c1cc(C(C)C)cc([N+](=O)[O-])c1. The summed E-state index contributed by atoms with van der Waals surface area (Å²) >= 11 is 0. The predicted octanol–water partition coefficient (Wildman–Crippen LogP) is 2.90. The molecule has 0 aromatic heterocycles. The Bertz CT molecular complexity index is 332. The number of non-ortho nitro benzene ring substituents is 1. The molecule has 0 amide bonds. The summed E-state index contributed by atoms with van der Waals surface area (Å²) in [6.45, 7) is 7.70. The molecule has 69 valence electrons. The fourth-order valence-corrected chi connectivity index (χ4v) is 1.14. The minimum Gasteiger partial charge on any atom is -0.258 e. The zero-order chi connectivity index (χ0) is 10.0. The number of rotatable bonds is 2. The molecule has 0 atom stereocenters. The summed E-state index contributed by atoms with van der Waals surface area (Å²) in [4.78, 5) is 10.1. The molecule has 0 heterocycles. The van der Waals surface area contributed by atoms with Crippen LogP contribution in [0.4, 0.5) is 5.69 Å². The van der Waals surface area contributed by atoms with Crippen molar-refractivity contribution in [2.24, 2.45) is 0 Å². The van der Waals surface area contributed by atoms with E-state index in [-0.39, 0.29) is 10.6 Å². The summed E-state index contributed by atoms with van der Waals surface area (Å²) in [5.41, 5.74) is 1.77. The number of hydrogen-bond acceptors (Lipinski definition) is 2.